The molecule has 0 spiro atoms. The Morgan fingerprint density at radius 3 is 2.56 bits per heavy atom. The molecule has 0 bridgehead atoms. The standard InChI is InChI=1S/C24H30FN3O5Si/c1-33-20-11-9-16-18(27-20)12-13-28(21(29)6-5-7-22(30)31)23(16)24(32)26-15-8-10-19(17(25)14-15)34(2,3)4/h8-11,14,23H,5-7,12-13H2,1-4H3,(H,26,32)(H,30,31)/t23-/m1/s1. The van der Waals surface area contributed by atoms with Gasteiger partial charge in [0.25, 0.3) is 5.91 Å². The van der Waals surface area contributed by atoms with E-state index in [4.69, 9.17) is 9.84 Å². The highest BCUT2D eigenvalue weighted by Gasteiger charge is 2.37. The predicted molar refractivity (Wildman–Crippen MR) is 128 cm³/mol. The minimum Gasteiger partial charge on any atom is -0.481 e. The molecule has 0 radical (unpaired) electrons. The van der Waals surface area contributed by atoms with E-state index in [1.807, 2.05) is 19.6 Å². The Kier molecular flexibility index (Phi) is 7.70. The maximum Gasteiger partial charge on any atom is 0.303 e. The van der Waals surface area contributed by atoms with Crippen LogP contribution in [-0.4, -0.2) is 54.5 Å². The lowest BCUT2D eigenvalue weighted by atomic mass is 9.95. The number of nitrogens with one attached hydrogen (secondary N) is 1. The van der Waals surface area contributed by atoms with Crippen molar-refractivity contribution in [3.8, 4) is 5.88 Å². The van der Waals surface area contributed by atoms with E-state index < -0.39 is 26.0 Å². The zero-order valence-corrected chi connectivity index (χ0v) is 20.9. The van der Waals surface area contributed by atoms with Gasteiger partial charge in [0.15, 0.2) is 0 Å². The number of nitrogens with zero attached hydrogens (tertiary/aromatic N) is 2. The van der Waals surface area contributed by atoms with E-state index >= 15 is 0 Å². The summed E-state index contributed by atoms with van der Waals surface area (Å²) in [7, 11) is -0.380. The molecular formula is C24H30FN3O5Si. The average Bonchev–Trinajstić information content (AvgIpc) is 2.76. The van der Waals surface area contributed by atoms with Crippen molar-refractivity contribution >= 4 is 36.7 Å². The first-order valence-corrected chi connectivity index (χ1v) is 14.7. The summed E-state index contributed by atoms with van der Waals surface area (Å²) >= 11 is 0. The van der Waals surface area contributed by atoms with Gasteiger partial charge in [0.05, 0.1) is 20.9 Å². The third-order valence-electron chi connectivity index (χ3n) is 5.78. The highest BCUT2D eigenvalue weighted by molar-refractivity contribution is 6.88. The summed E-state index contributed by atoms with van der Waals surface area (Å²) in [5, 5.41) is 12.3. The van der Waals surface area contributed by atoms with Gasteiger partial charge in [-0.05, 0) is 29.8 Å². The molecule has 0 saturated heterocycles. The second-order valence-corrected chi connectivity index (χ2v) is 14.3. The van der Waals surface area contributed by atoms with Gasteiger partial charge < -0.3 is 20.1 Å². The van der Waals surface area contributed by atoms with Crippen LogP contribution >= 0.6 is 0 Å². The number of methoxy groups -OCH3 is 1. The van der Waals surface area contributed by atoms with Crippen LogP contribution < -0.4 is 15.2 Å². The topological polar surface area (TPSA) is 109 Å². The number of amides is 2. The molecule has 0 saturated carbocycles. The number of carbonyl (C=O) groups is 3. The normalized spacial score (nSPS) is 15.4. The van der Waals surface area contributed by atoms with Crippen LogP contribution in [-0.2, 0) is 20.8 Å². The van der Waals surface area contributed by atoms with E-state index in [0.29, 0.717) is 34.4 Å². The number of hydrogen-bond acceptors (Lipinski definition) is 5. The second-order valence-electron chi connectivity index (χ2n) is 9.31. The van der Waals surface area contributed by atoms with E-state index in [1.54, 1.807) is 24.3 Å². The van der Waals surface area contributed by atoms with Crippen molar-refractivity contribution in [2.24, 2.45) is 0 Å². The number of halogens is 1. The Bertz CT molecular complexity index is 1100. The van der Waals surface area contributed by atoms with Gasteiger partial charge in [-0.1, -0.05) is 25.7 Å². The number of carboxylic acids is 1. The average molecular weight is 488 g/mol. The van der Waals surface area contributed by atoms with Crippen molar-refractivity contribution in [2.75, 3.05) is 19.0 Å². The number of benzene rings is 1. The third kappa shape index (κ3) is 5.80. The number of ether oxygens (including phenoxy) is 1. The minimum atomic E-state index is -1.88. The molecule has 2 heterocycles. The summed E-state index contributed by atoms with van der Waals surface area (Å²) in [5.74, 6) is -1.74. The number of aromatic nitrogens is 1. The van der Waals surface area contributed by atoms with Gasteiger partial charge in [-0.2, -0.15) is 0 Å². The number of anilines is 1. The molecule has 0 fully saturated rings. The zero-order chi connectivity index (χ0) is 25.0. The monoisotopic (exact) mass is 487 g/mol. The third-order valence-corrected chi connectivity index (χ3v) is 7.80. The van der Waals surface area contributed by atoms with Crippen molar-refractivity contribution in [3.63, 3.8) is 0 Å². The number of carbonyl (C=O) groups excluding carboxylic acids is 2. The molecule has 1 aromatic carbocycles. The molecule has 0 aliphatic carbocycles. The maximum atomic E-state index is 14.7. The largest absolute Gasteiger partial charge is 0.481 e. The lowest BCUT2D eigenvalue weighted by molar-refractivity contribution is -0.140. The molecule has 2 amide bonds. The van der Waals surface area contributed by atoms with Crippen molar-refractivity contribution in [3.05, 3.63) is 47.4 Å². The lowest BCUT2D eigenvalue weighted by Crippen LogP contribution is -2.45. The highest BCUT2D eigenvalue weighted by atomic mass is 28.3. The number of aliphatic carboxylic acids is 1. The van der Waals surface area contributed by atoms with Crippen molar-refractivity contribution in [2.45, 2.75) is 51.4 Å². The van der Waals surface area contributed by atoms with Gasteiger partial charge in [-0.15, -0.1) is 0 Å². The van der Waals surface area contributed by atoms with Gasteiger partial charge in [0.2, 0.25) is 11.8 Å². The molecule has 34 heavy (non-hydrogen) atoms. The van der Waals surface area contributed by atoms with Gasteiger partial charge in [-0.25, -0.2) is 9.37 Å². The zero-order valence-electron chi connectivity index (χ0n) is 19.9. The molecule has 1 atom stereocenters. The summed E-state index contributed by atoms with van der Waals surface area (Å²) in [6.07, 6.45) is 0.486. The van der Waals surface area contributed by atoms with E-state index in [2.05, 4.69) is 10.3 Å². The van der Waals surface area contributed by atoms with Gasteiger partial charge >= 0.3 is 5.97 Å². The van der Waals surface area contributed by atoms with Crippen LogP contribution in [0.25, 0.3) is 0 Å². The van der Waals surface area contributed by atoms with Crippen LogP contribution in [0.3, 0.4) is 0 Å². The van der Waals surface area contributed by atoms with Gasteiger partial charge in [-0.3, -0.25) is 14.4 Å². The number of hydrogen-bond donors (Lipinski definition) is 2. The molecule has 0 unspecified atom stereocenters. The summed E-state index contributed by atoms with van der Waals surface area (Å²) in [6.45, 7) is 6.37. The molecular weight excluding hydrogens is 457 g/mol. The molecule has 10 heteroatoms. The van der Waals surface area contributed by atoms with Crippen LogP contribution in [0.15, 0.2) is 30.3 Å². The van der Waals surface area contributed by atoms with Gasteiger partial charge in [0, 0.05) is 43.1 Å². The summed E-state index contributed by atoms with van der Waals surface area (Å²) < 4.78 is 19.9. The van der Waals surface area contributed by atoms with Crippen LogP contribution in [0, 0.1) is 5.82 Å². The van der Waals surface area contributed by atoms with Crippen LogP contribution in [0.2, 0.25) is 19.6 Å². The number of fused-ring (bicyclic) bond motifs is 1. The van der Waals surface area contributed by atoms with Crippen LogP contribution in [0.4, 0.5) is 10.1 Å². The molecule has 2 aromatic rings. The minimum absolute atomic E-state index is 0.00846. The summed E-state index contributed by atoms with van der Waals surface area (Å²) in [6, 6.07) is 7.04. The number of carboxylic acid groups (broad SMARTS) is 1. The molecule has 1 aromatic heterocycles. The van der Waals surface area contributed by atoms with Crippen LogP contribution in [0.5, 0.6) is 5.88 Å². The molecule has 1 aliphatic heterocycles. The van der Waals surface area contributed by atoms with E-state index in [1.165, 1.54) is 18.1 Å². The smallest absolute Gasteiger partial charge is 0.303 e. The molecule has 1 aliphatic rings. The molecule has 8 nitrogen and oxygen atoms in total. The Balaban J connectivity index is 1.89. The maximum absolute atomic E-state index is 14.7. The van der Waals surface area contributed by atoms with Crippen molar-refractivity contribution < 1.29 is 28.6 Å². The number of rotatable bonds is 8. The van der Waals surface area contributed by atoms with E-state index in [-0.39, 0.29) is 37.5 Å². The summed E-state index contributed by atoms with van der Waals surface area (Å²) in [5.41, 5.74) is 1.51. The Morgan fingerprint density at radius 1 is 1.21 bits per heavy atom. The quantitative estimate of drug-likeness (QED) is 0.554. The molecule has 3 rings (SSSR count). The van der Waals surface area contributed by atoms with E-state index in [9.17, 15) is 18.8 Å². The Labute approximate surface area is 199 Å². The first kappa shape index (κ1) is 25.4. The molecule has 182 valence electrons. The fourth-order valence-corrected chi connectivity index (χ4v) is 5.45. The fourth-order valence-electron chi connectivity index (χ4n) is 4.08. The summed E-state index contributed by atoms with van der Waals surface area (Å²) in [4.78, 5) is 43.1. The second kappa shape index (κ2) is 10.3. The van der Waals surface area contributed by atoms with Crippen LogP contribution in [0.1, 0.15) is 36.6 Å². The van der Waals surface area contributed by atoms with Crippen molar-refractivity contribution in [1.29, 1.82) is 0 Å². The predicted octanol–water partition coefficient (Wildman–Crippen LogP) is 3.09. The Morgan fingerprint density at radius 2 is 1.94 bits per heavy atom. The fraction of sp³-hybridized carbons (Fsp3) is 0.417. The SMILES string of the molecule is COc1ccc2c(n1)CCN(C(=O)CCCC(=O)O)[C@H]2C(=O)Nc1ccc([Si](C)(C)C)c(F)c1. The lowest BCUT2D eigenvalue weighted by Gasteiger charge is -2.36. The molecule has 2 N–H and O–H groups in total. The Hall–Kier alpha value is -3.27. The van der Waals surface area contributed by atoms with E-state index in [0.717, 1.165) is 0 Å². The van der Waals surface area contributed by atoms with Crippen molar-refractivity contribution in [1.82, 2.24) is 9.88 Å². The highest BCUT2D eigenvalue weighted by Crippen LogP contribution is 2.32. The first-order chi connectivity index (χ1) is 16.0. The number of pyridine rings is 1. The first-order valence-electron chi connectivity index (χ1n) is 11.2. The van der Waals surface area contributed by atoms with Gasteiger partial charge in [0.1, 0.15) is 11.9 Å².